The molecule has 0 aliphatic carbocycles. The summed E-state index contributed by atoms with van der Waals surface area (Å²) >= 11 is 5.90. The van der Waals surface area contributed by atoms with Gasteiger partial charge in [0.15, 0.2) is 0 Å². The summed E-state index contributed by atoms with van der Waals surface area (Å²) in [5.41, 5.74) is 1.06. The Morgan fingerprint density at radius 3 is 3.12 bits per heavy atom. The molecule has 4 heteroatoms. The van der Waals surface area contributed by atoms with Crippen LogP contribution in [0.1, 0.15) is 18.9 Å². The highest BCUT2D eigenvalue weighted by Crippen LogP contribution is 2.25. The van der Waals surface area contributed by atoms with Gasteiger partial charge in [0.2, 0.25) is 0 Å². The average molecular weight is 241 g/mol. The minimum Gasteiger partial charge on any atom is -0.393 e. The number of halogens is 1. The van der Waals surface area contributed by atoms with Crippen LogP contribution in [-0.2, 0) is 5.88 Å². The first-order chi connectivity index (χ1) is 7.72. The third-order valence-electron chi connectivity index (χ3n) is 3.17. The molecule has 3 nitrogen and oxygen atoms in total. The molecule has 2 rings (SSSR count). The lowest BCUT2D eigenvalue weighted by Crippen LogP contribution is -2.42. The fraction of sp³-hybridized carbons (Fsp3) is 0.583. The zero-order valence-corrected chi connectivity index (χ0v) is 10.2. The van der Waals surface area contributed by atoms with Gasteiger partial charge in [0.25, 0.3) is 0 Å². The van der Waals surface area contributed by atoms with E-state index >= 15 is 0 Å². The number of hydrogen-bond donors (Lipinski definition) is 1. The van der Waals surface area contributed by atoms with Crippen molar-refractivity contribution in [3.05, 3.63) is 23.9 Å². The number of pyridine rings is 1. The van der Waals surface area contributed by atoms with Gasteiger partial charge in [-0.15, -0.1) is 11.6 Å². The molecule has 0 aromatic carbocycles. The van der Waals surface area contributed by atoms with E-state index in [4.69, 9.17) is 11.6 Å². The Morgan fingerprint density at radius 2 is 2.44 bits per heavy atom. The van der Waals surface area contributed by atoms with Crippen LogP contribution < -0.4 is 4.90 Å². The molecule has 0 spiro atoms. The molecule has 1 fully saturated rings. The van der Waals surface area contributed by atoms with Crippen molar-refractivity contribution >= 4 is 17.4 Å². The van der Waals surface area contributed by atoms with Crippen molar-refractivity contribution in [2.45, 2.75) is 25.3 Å². The predicted molar refractivity (Wildman–Crippen MR) is 65.8 cm³/mol. The van der Waals surface area contributed by atoms with Gasteiger partial charge in [-0.1, -0.05) is 13.0 Å². The fourth-order valence-electron chi connectivity index (χ4n) is 2.14. The minimum absolute atomic E-state index is 0.181. The topological polar surface area (TPSA) is 36.4 Å². The summed E-state index contributed by atoms with van der Waals surface area (Å²) in [5, 5.41) is 9.70. The van der Waals surface area contributed by atoms with Gasteiger partial charge in [-0.25, -0.2) is 4.98 Å². The zero-order valence-electron chi connectivity index (χ0n) is 9.43. The second kappa shape index (κ2) is 5.02. The summed E-state index contributed by atoms with van der Waals surface area (Å²) in [4.78, 5) is 6.61. The Labute approximate surface area is 101 Å². The van der Waals surface area contributed by atoms with Crippen molar-refractivity contribution in [1.82, 2.24) is 4.98 Å². The van der Waals surface area contributed by atoms with E-state index in [9.17, 15) is 5.11 Å². The fourth-order valence-corrected chi connectivity index (χ4v) is 2.35. The van der Waals surface area contributed by atoms with E-state index in [1.165, 1.54) is 0 Å². The standard InChI is InChI=1S/C12H17ClN2O/c1-9-8-15(6-4-11(9)16)12-10(7-13)3-2-5-14-12/h2-3,5,9,11,16H,4,6-8H2,1H3. The van der Waals surface area contributed by atoms with E-state index in [-0.39, 0.29) is 6.10 Å². The predicted octanol–water partition coefficient (Wildman–Crippen LogP) is 2.03. The van der Waals surface area contributed by atoms with Gasteiger partial charge >= 0.3 is 0 Å². The second-order valence-corrected chi connectivity index (χ2v) is 4.67. The van der Waals surface area contributed by atoms with Crippen molar-refractivity contribution in [2.75, 3.05) is 18.0 Å². The van der Waals surface area contributed by atoms with Gasteiger partial charge in [0, 0.05) is 24.8 Å². The summed E-state index contributed by atoms with van der Waals surface area (Å²) in [6.45, 7) is 3.77. The van der Waals surface area contributed by atoms with Crippen molar-refractivity contribution in [1.29, 1.82) is 0 Å². The van der Waals surface area contributed by atoms with Crippen LogP contribution in [0, 0.1) is 5.92 Å². The molecule has 1 aromatic rings. The lowest BCUT2D eigenvalue weighted by molar-refractivity contribution is 0.0968. The molecule has 1 aliphatic rings. The zero-order chi connectivity index (χ0) is 11.5. The van der Waals surface area contributed by atoms with Gasteiger partial charge < -0.3 is 10.0 Å². The molecule has 0 radical (unpaired) electrons. The van der Waals surface area contributed by atoms with Crippen molar-refractivity contribution in [2.24, 2.45) is 5.92 Å². The Kier molecular flexibility index (Phi) is 3.66. The molecular weight excluding hydrogens is 224 g/mol. The van der Waals surface area contributed by atoms with Gasteiger partial charge in [0.05, 0.1) is 12.0 Å². The molecule has 1 aliphatic heterocycles. The first-order valence-corrected chi connectivity index (χ1v) is 6.18. The Morgan fingerprint density at radius 1 is 1.62 bits per heavy atom. The Bertz CT molecular complexity index is 359. The van der Waals surface area contributed by atoms with E-state index in [0.29, 0.717) is 11.8 Å². The lowest BCUT2D eigenvalue weighted by atomic mass is 9.96. The number of piperidine rings is 1. The normalized spacial score (nSPS) is 25.8. The van der Waals surface area contributed by atoms with Gasteiger partial charge in [0.1, 0.15) is 5.82 Å². The van der Waals surface area contributed by atoms with Crippen molar-refractivity contribution in [3.63, 3.8) is 0 Å². The number of anilines is 1. The molecule has 1 aromatic heterocycles. The summed E-state index contributed by atoms with van der Waals surface area (Å²) in [6.07, 6.45) is 2.42. The molecule has 2 unspecified atom stereocenters. The van der Waals surface area contributed by atoms with Crippen LogP contribution >= 0.6 is 11.6 Å². The highest BCUT2D eigenvalue weighted by Gasteiger charge is 2.25. The number of nitrogens with zero attached hydrogens (tertiary/aromatic N) is 2. The van der Waals surface area contributed by atoms with Gasteiger partial charge in [-0.05, 0) is 18.4 Å². The molecule has 2 atom stereocenters. The number of alkyl halides is 1. The van der Waals surface area contributed by atoms with Crippen LogP contribution in [0.15, 0.2) is 18.3 Å². The van der Waals surface area contributed by atoms with Crippen LogP contribution in [0.4, 0.5) is 5.82 Å². The number of rotatable bonds is 2. The van der Waals surface area contributed by atoms with Crippen molar-refractivity contribution in [3.8, 4) is 0 Å². The number of aliphatic hydroxyl groups excluding tert-OH is 1. The molecule has 16 heavy (non-hydrogen) atoms. The summed E-state index contributed by atoms with van der Waals surface area (Å²) in [5.74, 6) is 1.74. The van der Waals surface area contributed by atoms with E-state index in [1.807, 2.05) is 12.1 Å². The van der Waals surface area contributed by atoms with Gasteiger partial charge in [-0.2, -0.15) is 0 Å². The monoisotopic (exact) mass is 240 g/mol. The average Bonchev–Trinajstić information content (AvgIpc) is 2.32. The summed E-state index contributed by atoms with van der Waals surface area (Å²) in [6, 6.07) is 3.91. The molecule has 1 N–H and O–H groups in total. The van der Waals surface area contributed by atoms with E-state index < -0.39 is 0 Å². The van der Waals surface area contributed by atoms with Gasteiger partial charge in [-0.3, -0.25) is 0 Å². The SMILES string of the molecule is CC1CN(c2ncccc2CCl)CCC1O. The molecule has 0 amide bonds. The molecule has 0 saturated carbocycles. The van der Waals surface area contributed by atoms with Crippen LogP contribution in [0.3, 0.4) is 0 Å². The first-order valence-electron chi connectivity index (χ1n) is 5.65. The third-order valence-corrected chi connectivity index (χ3v) is 3.46. The lowest BCUT2D eigenvalue weighted by Gasteiger charge is -2.35. The van der Waals surface area contributed by atoms with Crippen LogP contribution in [0.25, 0.3) is 0 Å². The van der Waals surface area contributed by atoms with E-state index in [0.717, 1.165) is 30.9 Å². The second-order valence-electron chi connectivity index (χ2n) is 4.40. The maximum absolute atomic E-state index is 9.70. The number of aromatic nitrogens is 1. The maximum atomic E-state index is 9.70. The highest BCUT2D eigenvalue weighted by atomic mass is 35.5. The minimum atomic E-state index is -0.181. The quantitative estimate of drug-likeness (QED) is 0.804. The maximum Gasteiger partial charge on any atom is 0.132 e. The Hall–Kier alpha value is -0.800. The molecular formula is C12H17ClN2O. The van der Waals surface area contributed by atoms with Crippen LogP contribution in [-0.4, -0.2) is 29.3 Å². The molecule has 88 valence electrons. The molecule has 0 bridgehead atoms. The smallest absolute Gasteiger partial charge is 0.132 e. The largest absolute Gasteiger partial charge is 0.393 e. The molecule has 2 heterocycles. The first kappa shape index (κ1) is 11.7. The Balaban J connectivity index is 2.18. The summed E-state index contributed by atoms with van der Waals surface area (Å²) < 4.78 is 0. The highest BCUT2D eigenvalue weighted by molar-refractivity contribution is 6.17. The van der Waals surface area contributed by atoms with Crippen LogP contribution in [0.5, 0.6) is 0 Å². The van der Waals surface area contributed by atoms with E-state index in [2.05, 4.69) is 16.8 Å². The third kappa shape index (κ3) is 2.30. The number of hydrogen-bond acceptors (Lipinski definition) is 3. The van der Waals surface area contributed by atoms with Crippen LogP contribution in [0.2, 0.25) is 0 Å². The van der Waals surface area contributed by atoms with Crippen molar-refractivity contribution < 1.29 is 5.11 Å². The number of aliphatic hydroxyl groups is 1. The summed E-state index contributed by atoms with van der Waals surface area (Å²) in [7, 11) is 0. The van der Waals surface area contributed by atoms with E-state index in [1.54, 1.807) is 6.20 Å². The molecule has 1 saturated heterocycles.